The van der Waals surface area contributed by atoms with Crippen molar-refractivity contribution in [1.82, 2.24) is 4.98 Å². The van der Waals surface area contributed by atoms with E-state index in [1.807, 2.05) is 37.4 Å². The maximum absolute atomic E-state index is 10.9. The molecule has 23 heavy (non-hydrogen) atoms. The number of fused-ring (bicyclic) bond motifs is 1. The Morgan fingerprint density at radius 1 is 1.13 bits per heavy atom. The molecule has 1 atom stereocenters. The molecule has 1 aromatic heterocycles. The minimum absolute atomic E-state index is 0.256. The Balaban J connectivity index is 1.83. The van der Waals surface area contributed by atoms with Crippen LogP contribution < -0.4 is 10.2 Å². The highest BCUT2D eigenvalue weighted by Gasteiger charge is 2.03. The van der Waals surface area contributed by atoms with E-state index in [2.05, 4.69) is 10.1 Å². The summed E-state index contributed by atoms with van der Waals surface area (Å²) in [6.45, 7) is 0. The summed E-state index contributed by atoms with van der Waals surface area (Å²) in [6.07, 6.45) is 3.53. The monoisotopic (exact) mass is 308 g/mol. The van der Waals surface area contributed by atoms with Crippen LogP contribution in [0.2, 0.25) is 0 Å². The molecular formula is C17H16N4O2. The van der Waals surface area contributed by atoms with Crippen LogP contribution >= 0.6 is 0 Å². The molecule has 2 N–H and O–H groups in total. The van der Waals surface area contributed by atoms with Crippen LogP contribution in [0.5, 0.6) is 0 Å². The standard InChI is InChI=1S/C17H16N4O2/c1-20(14-6-8-15(9-7-14)21(22)23)19-12-13-10-11-18-17-5-3-2-4-16(13)17/h2-12,21-22H,1H3/b19-12+. The highest BCUT2D eigenvalue weighted by molar-refractivity contribution is 5.98. The number of para-hydroxylation sites is 1. The average Bonchev–Trinajstić information content (AvgIpc) is 2.59. The first-order valence-corrected chi connectivity index (χ1v) is 7.10. The van der Waals surface area contributed by atoms with Gasteiger partial charge in [0.2, 0.25) is 0 Å². The van der Waals surface area contributed by atoms with Crippen LogP contribution in [-0.2, 0) is 0 Å². The molecule has 1 heterocycles. The second kappa shape index (κ2) is 6.53. The second-order valence-corrected chi connectivity index (χ2v) is 5.04. The van der Waals surface area contributed by atoms with Gasteiger partial charge in [-0.05, 0) is 24.3 Å². The van der Waals surface area contributed by atoms with Gasteiger partial charge in [0.05, 0.1) is 17.4 Å². The molecule has 0 bridgehead atoms. The van der Waals surface area contributed by atoms with Crippen molar-refractivity contribution in [2.75, 3.05) is 12.1 Å². The maximum Gasteiger partial charge on any atom is 0.163 e. The molecule has 0 aliphatic rings. The van der Waals surface area contributed by atoms with Gasteiger partial charge >= 0.3 is 0 Å². The summed E-state index contributed by atoms with van der Waals surface area (Å²) >= 11 is 0. The first-order valence-electron chi connectivity index (χ1n) is 7.10. The lowest BCUT2D eigenvalue weighted by molar-refractivity contribution is -0.991. The molecule has 6 heteroatoms. The minimum Gasteiger partial charge on any atom is -0.595 e. The topological polar surface area (TPSA) is 76.2 Å². The van der Waals surface area contributed by atoms with Crippen molar-refractivity contribution in [2.45, 2.75) is 0 Å². The summed E-state index contributed by atoms with van der Waals surface area (Å²) in [5.41, 5.74) is 2.96. The molecule has 3 aromatic rings. The Morgan fingerprint density at radius 3 is 2.61 bits per heavy atom. The fourth-order valence-electron chi connectivity index (χ4n) is 2.27. The molecule has 3 rings (SSSR count). The SMILES string of the molecule is CN(/N=C/c1ccnc2ccccc12)c1ccc([NH+]([O-])O)cc1. The number of pyridine rings is 1. The van der Waals surface area contributed by atoms with E-state index >= 15 is 0 Å². The highest BCUT2D eigenvalue weighted by Crippen LogP contribution is 2.17. The van der Waals surface area contributed by atoms with Crippen LogP contribution in [0.25, 0.3) is 10.9 Å². The Kier molecular flexibility index (Phi) is 4.29. The average molecular weight is 308 g/mol. The Bertz CT molecular complexity index is 826. The number of quaternary nitrogens is 1. The summed E-state index contributed by atoms with van der Waals surface area (Å²) in [6, 6.07) is 16.4. The van der Waals surface area contributed by atoms with Crippen molar-refractivity contribution < 1.29 is 10.4 Å². The van der Waals surface area contributed by atoms with Crippen LogP contribution in [0.1, 0.15) is 5.56 Å². The lowest BCUT2D eigenvalue weighted by atomic mass is 10.1. The van der Waals surface area contributed by atoms with Crippen molar-refractivity contribution in [3.8, 4) is 0 Å². The fourth-order valence-corrected chi connectivity index (χ4v) is 2.27. The number of anilines is 1. The minimum atomic E-state index is -0.939. The molecule has 0 amide bonds. The van der Waals surface area contributed by atoms with Crippen molar-refractivity contribution >= 4 is 28.5 Å². The Labute approximate surface area is 133 Å². The molecule has 0 saturated carbocycles. The lowest BCUT2D eigenvalue weighted by Crippen LogP contribution is -2.99. The molecule has 116 valence electrons. The van der Waals surface area contributed by atoms with Crippen molar-refractivity contribution in [3.05, 3.63) is 71.6 Å². The summed E-state index contributed by atoms with van der Waals surface area (Å²) in [5.74, 6) is 0. The van der Waals surface area contributed by atoms with Gasteiger partial charge in [-0.25, -0.2) is 5.21 Å². The number of hydrazone groups is 1. The zero-order valence-electron chi connectivity index (χ0n) is 12.5. The first kappa shape index (κ1) is 15.1. The van der Waals surface area contributed by atoms with Gasteiger partial charge in [-0.3, -0.25) is 9.99 Å². The molecule has 0 aliphatic heterocycles. The molecule has 2 aromatic carbocycles. The third-order valence-electron chi connectivity index (χ3n) is 3.54. The second-order valence-electron chi connectivity index (χ2n) is 5.04. The van der Waals surface area contributed by atoms with Crippen LogP contribution in [0, 0.1) is 5.21 Å². The van der Waals surface area contributed by atoms with E-state index in [0.29, 0.717) is 0 Å². The number of aromatic nitrogens is 1. The number of benzene rings is 2. The fraction of sp³-hybridized carbons (Fsp3) is 0.0588. The molecule has 0 spiro atoms. The first-order chi connectivity index (χ1) is 11.1. The van der Waals surface area contributed by atoms with E-state index < -0.39 is 5.23 Å². The molecule has 0 radical (unpaired) electrons. The van der Waals surface area contributed by atoms with Gasteiger partial charge in [-0.2, -0.15) is 10.3 Å². The van der Waals surface area contributed by atoms with Gasteiger partial charge in [0.25, 0.3) is 0 Å². The van der Waals surface area contributed by atoms with Gasteiger partial charge in [0.15, 0.2) is 5.69 Å². The number of rotatable bonds is 4. The molecule has 0 aliphatic carbocycles. The number of hydrogen-bond acceptors (Lipinski definition) is 5. The van der Waals surface area contributed by atoms with E-state index in [9.17, 15) is 5.21 Å². The van der Waals surface area contributed by atoms with E-state index in [0.717, 1.165) is 22.2 Å². The van der Waals surface area contributed by atoms with E-state index in [4.69, 9.17) is 5.21 Å². The predicted octanol–water partition coefficient (Wildman–Crippen LogP) is 2.11. The van der Waals surface area contributed by atoms with Crippen LogP contribution in [0.4, 0.5) is 11.4 Å². The summed E-state index contributed by atoms with van der Waals surface area (Å²) in [4.78, 5) is 4.32. The van der Waals surface area contributed by atoms with Crippen LogP contribution in [0.3, 0.4) is 0 Å². The lowest BCUT2D eigenvalue weighted by Gasteiger charge is -2.15. The van der Waals surface area contributed by atoms with Crippen molar-refractivity contribution in [3.63, 3.8) is 0 Å². The number of nitrogens with zero attached hydrogens (tertiary/aromatic N) is 3. The van der Waals surface area contributed by atoms with Crippen LogP contribution in [-0.4, -0.2) is 23.5 Å². The highest BCUT2D eigenvalue weighted by atomic mass is 16.8. The summed E-state index contributed by atoms with van der Waals surface area (Å²) in [7, 11) is 1.82. The molecular weight excluding hydrogens is 292 g/mol. The zero-order chi connectivity index (χ0) is 16.2. The van der Waals surface area contributed by atoms with E-state index in [-0.39, 0.29) is 5.69 Å². The number of hydrogen-bond donors (Lipinski definition) is 2. The quantitative estimate of drug-likeness (QED) is 0.572. The summed E-state index contributed by atoms with van der Waals surface area (Å²) < 4.78 is 0. The van der Waals surface area contributed by atoms with E-state index in [1.165, 1.54) is 0 Å². The maximum atomic E-state index is 10.9. The van der Waals surface area contributed by atoms with Gasteiger partial charge in [0, 0.05) is 36.3 Å². The Morgan fingerprint density at radius 2 is 1.87 bits per heavy atom. The van der Waals surface area contributed by atoms with Gasteiger partial charge in [-0.15, -0.1) is 0 Å². The van der Waals surface area contributed by atoms with E-state index in [1.54, 1.807) is 41.7 Å². The van der Waals surface area contributed by atoms with Gasteiger partial charge in [-0.1, -0.05) is 18.2 Å². The Hall–Kier alpha value is -2.80. The molecule has 1 unspecified atom stereocenters. The smallest absolute Gasteiger partial charge is 0.163 e. The number of nitrogens with one attached hydrogen (secondary N) is 1. The zero-order valence-corrected chi connectivity index (χ0v) is 12.5. The molecule has 0 saturated heterocycles. The largest absolute Gasteiger partial charge is 0.595 e. The third-order valence-corrected chi connectivity index (χ3v) is 3.54. The summed E-state index contributed by atoms with van der Waals surface area (Å²) in [5, 5.41) is 26.0. The van der Waals surface area contributed by atoms with Crippen molar-refractivity contribution in [2.24, 2.45) is 5.10 Å². The molecule has 6 nitrogen and oxygen atoms in total. The normalized spacial score (nSPS) is 12.7. The predicted molar refractivity (Wildman–Crippen MR) is 90.0 cm³/mol. The molecule has 0 fully saturated rings. The van der Waals surface area contributed by atoms with Crippen molar-refractivity contribution in [1.29, 1.82) is 0 Å². The van der Waals surface area contributed by atoms with Gasteiger partial charge in [0.1, 0.15) is 0 Å². The van der Waals surface area contributed by atoms with Crippen LogP contribution in [0.15, 0.2) is 65.9 Å². The third kappa shape index (κ3) is 3.35. The van der Waals surface area contributed by atoms with Gasteiger partial charge < -0.3 is 5.21 Å².